The maximum absolute atomic E-state index is 13.0. The van der Waals surface area contributed by atoms with E-state index in [9.17, 15) is 4.79 Å². The first-order valence-corrected chi connectivity index (χ1v) is 12.2. The fourth-order valence-electron chi connectivity index (χ4n) is 5.09. The van der Waals surface area contributed by atoms with E-state index in [4.69, 9.17) is 10.2 Å². The molecule has 0 N–H and O–H groups in total. The molecule has 1 aromatic carbocycles. The summed E-state index contributed by atoms with van der Waals surface area (Å²) in [6, 6.07) is 14.6. The predicted molar refractivity (Wildman–Crippen MR) is 132 cm³/mol. The first-order valence-electron chi connectivity index (χ1n) is 12.2. The number of hydrogen-bond donors (Lipinski definition) is 0. The van der Waals surface area contributed by atoms with Crippen LogP contribution in [0.3, 0.4) is 0 Å². The van der Waals surface area contributed by atoms with E-state index in [-0.39, 0.29) is 5.91 Å². The molecule has 4 aromatic rings. The Hall–Kier alpha value is -3.48. The Kier molecular flexibility index (Phi) is 6.18. The van der Waals surface area contributed by atoms with Crippen LogP contribution in [0.1, 0.15) is 47.6 Å². The number of aromatic nitrogens is 5. The smallest absolute Gasteiger partial charge is 0.222 e. The lowest BCUT2D eigenvalue weighted by atomic mass is 9.90. The van der Waals surface area contributed by atoms with Gasteiger partial charge in [0.25, 0.3) is 0 Å². The van der Waals surface area contributed by atoms with Crippen LogP contribution >= 0.6 is 0 Å². The third kappa shape index (κ3) is 4.47. The standard InChI is InChI=1S/C27H32N6O/c1-19-25(20(2)32(29-19)26-11-9-24-18-28-21(3)33(24)30-26)10-12-27(34)31-15-13-23(14-16-31)17-22-7-5-4-6-8-22/h4-9,11,18,23H,10,12-17H2,1-3H3. The zero-order chi connectivity index (χ0) is 23.7. The number of nitrogens with zero attached hydrogens (tertiary/aromatic N) is 6. The van der Waals surface area contributed by atoms with Crippen LogP contribution in [0.2, 0.25) is 0 Å². The Morgan fingerprint density at radius 1 is 1.00 bits per heavy atom. The summed E-state index contributed by atoms with van der Waals surface area (Å²) in [7, 11) is 0. The molecule has 0 atom stereocenters. The lowest BCUT2D eigenvalue weighted by molar-refractivity contribution is -0.132. The molecule has 0 spiro atoms. The van der Waals surface area contributed by atoms with Crippen LogP contribution in [-0.4, -0.2) is 48.3 Å². The fraction of sp³-hybridized carbons (Fsp3) is 0.407. The number of fused-ring (bicyclic) bond motifs is 1. The molecule has 0 radical (unpaired) electrons. The summed E-state index contributed by atoms with van der Waals surface area (Å²) in [6.07, 6.45) is 6.31. The van der Waals surface area contributed by atoms with Gasteiger partial charge in [-0.2, -0.15) is 5.10 Å². The SMILES string of the molecule is Cc1nn(-c2ccc3cnc(C)n3n2)c(C)c1CCC(=O)N1CCC(Cc2ccccc2)CC1. The van der Waals surface area contributed by atoms with Crippen LogP contribution in [0, 0.1) is 26.7 Å². The molecule has 1 aliphatic heterocycles. The number of aryl methyl sites for hydroxylation is 2. The number of carbonyl (C=O) groups is 1. The second-order valence-corrected chi connectivity index (χ2v) is 9.41. The third-order valence-electron chi connectivity index (χ3n) is 7.12. The van der Waals surface area contributed by atoms with Gasteiger partial charge in [0.05, 0.1) is 17.4 Å². The molecule has 1 aliphatic rings. The molecule has 0 bridgehead atoms. The molecule has 7 heteroatoms. The van der Waals surface area contributed by atoms with Crippen molar-refractivity contribution in [2.75, 3.05) is 13.1 Å². The molecule has 5 rings (SSSR count). The van der Waals surface area contributed by atoms with Gasteiger partial charge >= 0.3 is 0 Å². The van der Waals surface area contributed by atoms with Gasteiger partial charge in [0.15, 0.2) is 5.82 Å². The fourth-order valence-corrected chi connectivity index (χ4v) is 5.09. The summed E-state index contributed by atoms with van der Waals surface area (Å²) in [5, 5.41) is 9.44. The molecule has 1 amide bonds. The van der Waals surface area contributed by atoms with Gasteiger partial charge in [-0.15, -0.1) is 5.10 Å². The number of benzene rings is 1. The summed E-state index contributed by atoms with van der Waals surface area (Å²) in [5.41, 5.74) is 5.48. The van der Waals surface area contributed by atoms with E-state index < -0.39 is 0 Å². The number of rotatable bonds is 6. The molecule has 3 aromatic heterocycles. The van der Waals surface area contributed by atoms with Crippen molar-refractivity contribution in [2.24, 2.45) is 5.92 Å². The lowest BCUT2D eigenvalue weighted by Gasteiger charge is -2.32. The highest BCUT2D eigenvalue weighted by atomic mass is 16.2. The minimum absolute atomic E-state index is 0.248. The highest BCUT2D eigenvalue weighted by molar-refractivity contribution is 5.76. The molecule has 34 heavy (non-hydrogen) atoms. The Morgan fingerprint density at radius 2 is 1.76 bits per heavy atom. The molecule has 176 valence electrons. The summed E-state index contributed by atoms with van der Waals surface area (Å²) < 4.78 is 3.71. The summed E-state index contributed by atoms with van der Waals surface area (Å²) in [4.78, 5) is 19.3. The lowest BCUT2D eigenvalue weighted by Crippen LogP contribution is -2.39. The summed E-state index contributed by atoms with van der Waals surface area (Å²) in [5.74, 6) is 2.51. The van der Waals surface area contributed by atoms with E-state index in [1.54, 1.807) is 0 Å². The van der Waals surface area contributed by atoms with Gasteiger partial charge < -0.3 is 4.90 Å². The topological polar surface area (TPSA) is 68.3 Å². The second-order valence-electron chi connectivity index (χ2n) is 9.41. The van der Waals surface area contributed by atoms with Crippen molar-refractivity contribution in [1.29, 1.82) is 0 Å². The largest absolute Gasteiger partial charge is 0.343 e. The van der Waals surface area contributed by atoms with Gasteiger partial charge in [-0.3, -0.25) is 4.79 Å². The van der Waals surface area contributed by atoms with Crippen molar-refractivity contribution >= 4 is 11.4 Å². The van der Waals surface area contributed by atoms with Crippen LogP contribution in [-0.2, 0) is 17.6 Å². The molecule has 4 heterocycles. The Labute approximate surface area is 200 Å². The van der Waals surface area contributed by atoms with E-state index >= 15 is 0 Å². The van der Waals surface area contributed by atoms with Crippen LogP contribution in [0.25, 0.3) is 11.3 Å². The minimum Gasteiger partial charge on any atom is -0.343 e. The van der Waals surface area contributed by atoms with E-state index in [1.807, 2.05) is 46.3 Å². The van der Waals surface area contributed by atoms with Gasteiger partial charge in [0.2, 0.25) is 5.91 Å². The quantitative estimate of drug-likeness (QED) is 0.435. The van der Waals surface area contributed by atoms with Crippen LogP contribution in [0.15, 0.2) is 48.7 Å². The van der Waals surface area contributed by atoms with Gasteiger partial charge in [-0.05, 0) is 75.6 Å². The van der Waals surface area contributed by atoms with Crippen LogP contribution in [0.5, 0.6) is 0 Å². The summed E-state index contributed by atoms with van der Waals surface area (Å²) in [6.45, 7) is 7.73. The van der Waals surface area contributed by atoms with E-state index in [0.29, 0.717) is 18.8 Å². The zero-order valence-corrected chi connectivity index (χ0v) is 20.2. The number of imidazole rings is 1. The molecule has 1 saturated heterocycles. The molecule has 7 nitrogen and oxygen atoms in total. The highest BCUT2D eigenvalue weighted by Gasteiger charge is 2.24. The summed E-state index contributed by atoms with van der Waals surface area (Å²) >= 11 is 0. The first-order chi connectivity index (χ1) is 16.5. The number of piperidine rings is 1. The maximum Gasteiger partial charge on any atom is 0.222 e. The van der Waals surface area contributed by atoms with Crippen LogP contribution in [0.4, 0.5) is 0 Å². The van der Waals surface area contributed by atoms with Gasteiger partial charge in [-0.25, -0.2) is 14.2 Å². The number of hydrogen-bond acceptors (Lipinski definition) is 4. The van der Waals surface area contributed by atoms with E-state index in [1.165, 1.54) is 5.56 Å². The average molecular weight is 457 g/mol. The Balaban J connectivity index is 1.20. The molecular weight excluding hydrogens is 424 g/mol. The molecule has 0 aliphatic carbocycles. The monoisotopic (exact) mass is 456 g/mol. The first kappa shape index (κ1) is 22.3. The maximum atomic E-state index is 13.0. The Morgan fingerprint density at radius 3 is 2.53 bits per heavy atom. The van der Waals surface area contributed by atoms with Gasteiger partial charge in [0.1, 0.15) is 5.82 Å². The Bertz CT molecular complexity index is 1300. The van der Waals surface area contributed by atoms with Gasteiger partial charge in [0, 0.05) is 25.2 Å². The average Bonchev–Trinajstić information content (AvgIpc) is 3.37. The molecular formula is C27H32N6O. The van der Waals surface area contributed by atoms with Gasteiger partial charge in [-0.1, -0.05) is 30.3 Å². The van der Waals surface area contributed by atoms with Crippen molar-refractivity contribution in [1.82, 2.24) is 29.3 Å². The third-order valence-corrected chi connectivity index (χ3v) is 7.12. The van der Waals surface area contributed by atoms with Crippen molar-refractivity contribution in [3.05, 3.63) is 77.0 Å². The molecule has 1 fully saturated rings. The van der Waals surface area contributed by atoms with Crippen LogP contribution < -0.4 is 0 Å². The van der Waals surface area contributed by atoms with Crippen molar-refractivity contribution < 1.29 is 4.79 Å². The van der Waals surface area contributed by atoms with Crippen molar-refractivity contribution in [2.45, 2.75) is 52.9 Å². The molecule has 0 unspecified atom stereocenters. The van der Waals surface area contributed by atoms with E-state index in [2.05, 4.69) is 42.2 Å². The zero-order valence-electron chi connectivity index (χ0n) is 20.2. The number of likely N-dealkylation sites (tertiary alicyclic amines) is 1. The minimum atomic E-state index is 0.248. The normalized spacial score (nSPS) is 14.7. The number of amides is 1. The predicted octanol–water partition coefficient (Wildman–Crippen LogP) is 4.25. The second kappa shape index (κ2) is 9.41. The molecule has 0 saturated carbocycles. The van der Waals surface area contributed by atoms with Crippen molar-refractivity contribution in [3.8, 4) is 5.82 Å². The number of carbonyl (C=O) groups excluding carboxylic acids is 1. The van der Waals surface area contributed by atoms with E-state index in [0.717, 1.165) is 66.5 Å². The van der Waals surface area contributed by atoms with Crippen molar-refractivity contribution in [3.63, 3.8) is 0 Å². The highest BCUT2D eigenvalue weighted by Crippen LogP contribution is 2.23.